The molecule has 6 nitrogen and oxygen atoms in total. The third-order valence-corrected chi connectivity index (χ3v) is 6.39. The van der Waals surface area contributed by atoms with Crippen LogP contribution >= 0.6 is 11.6 Å². The number of carbonyl (C=O) groups excluding carboxylic acids is 1. The maximum atomic E-state index is 12.6. The summed E-state index contributed by atoms with van der Waals surface area (Å²) in [6.07, 6.45) is 3.31. The summed E-state index contributed by atoms with van der Waals surface area (Å²) in [4.78, 5) is 14.1. The van der Waals surface area contributed by atoms with Gasteiger partial charge in [0.2, 0.25) is 10.0 Å². The molecule has 27 heavy (non-hydrogen) atoms. The Bertz CT molecular complexity index is 924. The number of hydrogen-bond acceptors (Lipinski definition) is 3. The van der Waals surface area contributed by atoms with Crippen molar-refractivity contribution in [2.75, 3.05) is 26.2 Å². The van der Waals surface area contributed by atoms with Gasteiger partial charge in [-0.25, -0.2) is 13.2 Å². The molecular weight excluding hydrogens is 386 g/mol. The molecule has 0 aromatic heterocycles. The molecular formula is C19H20ClN3O3S. The average Bonchev–Trinajstić information content (AvgIpc) is 2.69. The smallest absolute Gasteiger partial charge is 0.321 e. The summed E-state index contributed by atoms with van der Waals surface area (Å²) in [5, 5.41) is 3.33. The fourth-order valence-corrected chi connectivity index (χ4v) is 4.43. The van der Waals surface area contributed by atoms with Crippen molar-refractivity contribution in [1.29, 1.82) is 0 Å². The van der Waals surface area contributed by atoms with E-state index in [0.29, 0.717) is 18.1 Å². The summed E-state index contributed by atoms with van der Waals surface area (Å²) in [5.41, 5.74) is 0.876. The first-order valence-corrected chi connectivity index (χ1v) is 10.3. The van der Waals surface area contributed by atoms with Crippen LogP contribution in [0.3, 0.4) is 0 Å². The average molecular weight is 406 g/mol. The van der Waals surface area contributed by atoms with Gasteiger partial charge in [-0.05, 0) is 35.9 Å². The third-order valence-electron chi connectivity index (χ3n) is 4.24. The van der Waals surface area contributed by atoms with Gasteiger partial charge < -0.3 is 10.2 Å². The van der Waals surface area contributed by atoms with Gasteiger partial charge in [-0.2, -0.15) is 4.31 Å². The van der Waals surface area contributed by atoms with Gasteiger partial charge in [-0.1, -0.05) is 41.9 Å². The van der Waals surface area contributed by atoms with Crippen molar-refractivity contribution in [3.63, 3.8) is 0 Å². The van der Waals surface area contributed by atoms with E-state index >= 15 is 0 Å². The molecule has 1 fully saturated rings. The Kier molecular flexibility index (Phi) is 6.15. The molecule has 0 radical (unpaired) electrons. The molecule has 1 heterocycles. The molecule has 0 atom stereocenters. The molecule has 2 aromatic carbocycles. The molecule has 1 aliphatic rings. The second-order valence-electron chi connectivity index (χ2n) is 6.04. The molecule has 1 saturated heterocycles. The largest absolute Gasteiger partial charge is 0.322 e. The van der Waals surface area contributed by atoms with Gasteiger partial charge in [-0.3, -0.25) is 0 Å². The monoisotopic (exact) mass is 405 g/mol. The standard InChI is InChI=1S/C19H20ClN3O3S/c20-17-6-4-5-16(15-17)9-10-21-19(24)22-11-13-23(14-12-22)27(25,26)18-7-2-1-3-8-18/h1-10,15H,11-14H2,(H,21,24)/b10-9+. The van der Waals surface area contributed by atoms with Crippen LogP contribution in [-0.4, -0.2) is 49.8 Å². The minimum atomic E-state index is -3.52. The van der Waals surface area contributed by atoms with Gasteiger partial charge in [0.15, 0.2) is 0 Å². The zero-order valence-electron chi connectivity index (χ0n) is 14.6. The molecule has 0 spiro atoms. The van der Waals surface area contributed by atoms with Crippen molar-refractivity contribution in [2.24, 2.45) is 0 Å². The number of carbonyl (C=O) groups is 1. The highest BCUT2D eigenvalue weighted by Crippen LogP contribution is 2.17. The lowest BCUT2D eigenvalue weighted by atomic mass is 10.2. The molecule has 0 bridgehead atoms. The van der Waals surface area contributed by atoms with Crippen molar-refractivity contribution >= 4 is 33.7 Å². The van der Waals surface area contributed by atoms with Crippen molar-refractivity contribution in [2.45, 2.75) is 4.90 Å². The van der Waals surface area contributed by atoms with Gasteiger partial charge in [0.05, 0.1) is 4.90 Å². The Labute approximate surface area is 164 Å². The predicted octanol–water partition coefficient (Wildman–Crippen LogP) is 3.03. The number of urea groups is 1. The molecule has 0 aliphatic carbocycles. The third kappa shape index (κ3) is 4.88. The summed E-state index contributed by atoms with van der Waals surface area (Å²) in [6, 6.07) is 15.3. The second kappa shape index (κ2) is 8.56. The first-order chi connectivity index (χ1) is 13.0. The normalized spacial score (nSPS) is 15.8. The number of piperazine rings is 1. The topological polar surface area (TPSA) is 69.7 Å². The summed E-state index contributed by atoms with van der Waals surface area (Å²) in [5.74, 6) is 0. The molecule has 2 amide bonds. The SMILES string of the molecule is O=C(N/C=C/c1cccc(Cl)c1)N1CCN(S(=O)(=O)c2ccccc2)CC1. The Morgan fingerprint density at radius 1 is 1.00 bits per heavy atom. The number of nitrogens with zero attached hydrogens (tertiary/aromatic N) is 2. The van der Waals surface area contributed by atoms with E-state index in [1.165, 1.54) is 4.31 Å². The first kappa shape index (κ1) is 19.4. The first-order valence-electron chi connectivity index (χ1n) is 8.49. The van der Waals surface area contributed by atoms with Crippen molar-refractivity contribution in [3.8, 4) is 0 Å². The number of hydrogen-bond donors (Lipinski definition) is 1. The Morgan fingerprint density at radius 2 is 1.70 bits per heavy atom. The molecule has 1 N–H and O–H groups in total. The lowest BCUT2D eigenvalue weighted by molar-refractivity contribution is 0.175. The fourth-order valence-electron chi connectivity index (χ4n) is 2.78. The molecule has 0 saturated carbocycles. The zero-order chi connectivity index (χ0) is 19.3. The molecule has 3 rings (SSSR count). The predicted molar refractivity (Wildman–Crippen MR) is 106 cm³/mol. The fraction of sp³-hybridized carbons (Fsp3) is 0.211. The summed E-state index contributed by atoms with van der Waals surface area (Å²) in [6.45, 7) is 1.21. The van der Waals surface area contributed by atoms with Crippen molar-refractivity contribution in [1.82, 2.24) is 14.5 Å². The van der Waals surface area contributed by atoms with E-state index in [1.807, 2.05) is 12.1 Å². The van der Waals surface area contributed by atoms with Crippen LogP contribution in [-0.2, 0) is 10.0 Å². The Hall–Kier alpha value is -2.35. The minimum absolute atomic E-state index is 0.259. The van der Waals surface area contributed by atoms with Crippen LogP contribution in [0.4, 0.5) is 4.79 Å². The number of sulfonamides is 1. The second-order valence-corrected chi connectivity index (χ2v) is 8.42. The van der Waals surface area contributed by atoms with E-state index in [-0.39, 0.29) is 24.0 Å². The van der Waals surface area contributed by atoms with Gasteiger partial charge in [0.25, 0.3) is 0 Å². The van der Waals surface area contributed by atoms with Crippen LogP contribution in [0.25, 0.3) is 6.08 Å². The van der Waals surface area contributed by atoms with Crippen LogP contribution in [0, 0.1) is 0 Å². The Morgan fingerprint density at radius 3 is 2.37 bits per heavy atom. The van der Waals surface area contributed by atoms with Crippen LogP contribution in [0.1, 0.15) is 5.56 Å². The number of halogens is 1. The van der Waals surface area contributed by atoms with Gasteiger partial charge in [-0.15, -0.1) is 0 Å². The summed E-state index contributed by atoms with van der Waals surface area (Å²) >= 11 is 5.92. The van der Waals surface area contributed by atoms with Gasteiger partial charge in [0, 0.05) is 37.4 Å². The maximum absolute atomic E-state index is 12.6. The quantitative estimate of drug-likeness (QED) is 0.849. The number of benzene rings is 2. The highest BCUT2D eigenvalue weighted by atomic mass is 35.5. The van der Waals surface area contributed by atoms with E-state index in [0.717, 1.165) is 5.56 Å². The lowest BCUT2D eigenvalue weighted by Gasteiger charge is -2.33. The Balaban J connectivity index is 1.53. The van der Waals surface area contributed by atoms with E-state index in [1.54, 1.807) is 59.6 Å². The van der Waals surface area contributed by atoms with E-state index < -0.39 is 10.0 Å². The highest BCUT2D eigenvalue weighted by Gasteiger charge is 2.29. The molecule has 0 unspecified atom stereocenters. The highest BCUT2D eigenvalue weighted by molar-refractivity contribution is 7.89. The zero-order valence-corrected chi connectivity index (χ0v) is 16.2. The van der Waals surface area contributed by atoms with Crippen LogP contribution < -0.4 is 5.32 Å². The van der Waals surface area contributed by atoms with Gasteiger partial charge in [0.1, 0.15) is 0 Å². The minimum Gasteiger partial charge on any atom is -0.322 e. The van der Waals surface area contributed by atoms with Crippen LogP contribution in [0.2, 0.25) is 5.02 Å². The van der Waals surface area contributed by atoms with Crippen LogP contribution in [0.15, 0.2) is 65.7 Å². The number of amides is 2. The number of rotatable bonds is 4. The molecule has 2 aromatic rings. The van der Waals surface area contributed by atoms with E-state index in [4.69, 9.17) is 11.6 Å². The summed E-state index contributed by atoms with van der Waals surface area (Å²) < 4.78 is 26.6. The van der Waals surface area contributed by atoms with E-state index in [9.17, 15) is 13.2 Å². The number of nitrogens with one attached hydrogen (secondary N) is 1. The lowest BCUT2D eigenvalue weighted by Crippen LogP contribution is -2.52. The van der Waals surface area contributed by atoms with Gasteiger partial charge >= 0.3 is 6.03 Å². The summed E-state index contributed by atoms with van der Waals surface area (Å²) in [7, 11) is -3.52. The maximum Gasteiger partial charge on any atom is 0.321 e. The van der Waals surface area contributed by atoms with Crippen molar-refractivity contribution in [3.05, 3.63) is 71.4 Å². The van der Waals surface area contributed by atoms with Crippen LogP contribution in [0.5, 0.6) is 0 Å². The molecule has 1 aliphatic heterocycles. The van der Waals surface area contributed by atoms with Crippen molar-refractivity contribution < 1.29 is 13.2 Å². The van der Waals surface area contributed by atoms with E-state index in [2.05, 4.69) is 5.32 Å². The molecule has 142 valence electrons. The molecule has 8 heteroatoms.